The van der Waals surface area contributed by atoms with Crippen LogP contribution in [-0.2, 0) is 5.88 Å². The lowest BCUT2D eigenvalue weighted by Gasteiger charge is -2.14. The minimum Gasteiger partial charge on any atom is -0.407 e. The zero-order valence-corrected chi connectivity index (χ0v) is 9.31. The van der Waals surface area contributed by atoms with E-state index in [2.05, 4.69) is 10.2 Å². The normalized spacial score (nSPS) is 23.4. The van der Waals surface area contributed by atoms with E-state index >= 15 is 0 Å². The first kappa shape index (κ1) is 10.7. The van der Waals surface area contributed by atoms with Gasteiger partial charge in [0.1, 0.15) is 5.88 Å². The van der Waals surface area contributed by atoms with Gasteiger partial charge >= 0.3 is 6.01 Å². The second-order valence-electron chi connectivity index (χ2n) is 3.85. The molecule has 0 aliphatic carbocycles. The van der Waals surface area contributed by atoms with E-state index in [0.29, 0.717) is 11.9 Å². The lowest BCUT2D eigenvalue weighted by Crippen LogP contribution is -2.24. The summed E-state index contributed by atoms with van der Waals surface area (Å²) >= 11 is 5.57. The van der Waals surface area contributed by atoms with Crippen LogP contribution in [0.1, 0.15) is 19.2 Å². The first-order valence-electron chi connectivity index (χ1n) is 5.02. The van der Waals surface area contributed by atoms with Crippen molar-refractivity contribution in [1.29, 1.82) is 0 Å². The fraction of sp³-hybridized carbons (Fsp3) is 0.778. The molecule has 1 saturated heterocycles. The molecule has 1 aromatic heterocycles. The Morgan fingerprint density at radius 3 is 3.00 bits per heavy atom. The molecule has 1 aromatic rings. The Hall–Kier alpha value is -0.810. The lowest BCUT2D eigenvalue weighted by molar-refractivity contribution is 0.136. The number of hydrogen-bond donors (Lipinski definition) is 1. The maximum absolute atomic E-state index is 9.45. The van der Waals surface area contributed by atoms with E-state index in [1.807, 2.05) is 11.8 Å². The average Bonchev–Trinajstić information content (AvgIpc) is 2.86. The smallest absolute Gasteiger partial charge is 0.318 e. The molecule has 2 unspecified atom stereocenters. The first-order valence-corrected chi connectivity index (χ1v) is 5.55. The van der Waals surface area contributed by atoms with Crippen LogP contribution in [0.2, 0.25) is 0 Å². The first-order chi connectivity index (χ1) is 7.20. The van der Waals surface area contributed by atoms with Crippen LogP contribution in [0.25, 0.3) is 0 Å². The van der Waals surface area contributed by atoms with Crippen molar-refractivity contribution in [2.75, 3.05) is 18.0 Å². The van der Waals surface area contributed by atoms with Crippen molar-refractivity contribution in [1.82, 2.24) is 10.2 Å². The summed E-state index contributed by atoms with van der Waals surface area (Å²) in [6, 6.07) is 0.508. The molecule has 84 valence electrons. The van der Waals surface area contributed by atoms with Gasteiger partial charge in [0.25, 0.3) is 0 Å². The van der Waals surface area contributed by atoms with Gasteiger partial charge in [0.2, 0.25) is 5.89 Å². The van der Waals surface area contributed by atoms with E-state index in [0.717, 1.165) is 19.5 Å². The lowest BCUT2D eigenvalue weighted by atomic mass is 10.0. The quantitative estimate of drug-likeness (QED) is 0.787. The van der Waals surface area contributed by atoms with E-state index in [9.17, 15) is 5.11 Å². The molecule has 2 heterocycles. The molecule has 0 radical (unpaired) electrons. The number of rotatable bonds is 3. The number of aliphatic hydroxyl groups excluding tert-OH is 1. The predicted molar refractivity (Wildman–Crippen MR) is 55.9 cm³/mol. The molecule has 0 saturated carbocycles. The summed E-state index contributed by atoms with van der Waals surface area (Å²) in [7, 11) is 0. The van der Waals surface area contributed by atoms with Gasteiger partial charge in [-0.1, -0.05) is 5.10 Å². The third kappa shape index (κ3) is 2.23. The minimum absolute atomic E-state index is 0.237. The Bertz CT molecular complexity index is 329. The van der Waals surface area contributed by atoms with E-state index in [4.69, 9.17) is 16.0 Å². The van der Waals surface area contributed by atoms with Crippen molar-refractivity contribution >= 4 is 17.6 Å². The molecule has 15 heavy (non-hydrogen) atoms. The number of halogens is 1. The number of nitrogens with zero attached hydrogens (tertiary/aromatic N) is 3. The Labute approximate surface area is 93.0 Å². The highest BCUT2D eigenvalue weighted by Crippen LogP contribution is 2.24. The fourth-order valence-corrected chi connectivity index (χ4v) is 1.89. The summed E-state index contributed by atoms with van der Waals surface area (Å²) in [5.41, 5.74) is 0. The molecule has 5 nitrogen and oxygen atoms in total. The number of aromatic nitrogens is 2. The van der Waals surface area contributed by atoms with Crippen LogP contribution in [0.3, 0.4) is 0 Å². The van der Waals surface area contributed by atoms with Gasteiger partial charge in [0.15, 0.2) is 0 Å². The van der Waals surface area contributed by atoms with Gasteiger partial charge in [-0.25, -0.2) is 0 Å². The summed E-state index contributed by atoms with van der Waals surface area (Å²) < 4.78 is 5.33. The molecule has 0 aromatic carbocycles. The van der Waals surface area contributed by atoms with Crippen LogP contribution in [0.15, 0.2) is 4.42 Å². The van der Waals surface area contributed by atoms with E-state index in [1.54, 1.807) is 0 Å². The third-order valence-corrected chi connectivity index (χ3v) is 2.98. The van der Waals surface area contributed by atoms with Gasteiger partial charge < -0.3 is 14.4 Å². The van der Waals surface area contributed by atoms with Crippen molar-refractivity contribution in [2.24, 2.45) is 5.92 Å². The summed E-state index contributed by atoms with van der Waals surface area (Å²) in [5.74, 6) is 0.962. The monoisotopic (exact) mass is 231 g/mol. The van der Waals surface area contributed by atoms with Gasteiger partial charge in [-0.3, -0.25) is 0 Å². The standard InChI is InChI=1S/C9H14ClN3O2/c1-6(14)7-2-3-13(5-7)9-12-11-8(4-10)15-9/h6-7,14H,2-5H2,1H3. The zero-order valence-electron chi connectivity index (χ0n) is 8.56. The highest BCUT2D eigenvalue weighted by molar-refractivity contribution is 6.16. The summed E-state index contributed by atoms with van der Waals surface area (Å²) in [4.78, 5) is 1.99. The Morgan fingerprint density at radius 2 is 2.47 bits per heavy atom. The van der Waals surface area contributed by atoms with Crippen LogP contribution < -0.4 is 4.90 Å². The Morgan fingerprint density at radius 1 is 1.67 bits per heavy atom. The van der Waals surface area contributed by atoms with E-state index < -0.39 is 0 Å². The maximum Gasteiger partial charge on any atom is 0.318 e. The number of aliphatic hydroxyl groups is 1. The molecule has 2 atom stereocenters. The van der Waals surface area contributed by atoms with Crippen molar-refractivity contribution in [3.63, 3.8) is 0 Å². The van der Waals surface area contributed by atoms with Crippen LogP contribution >= 0.6 is 11.6 Å². The second kappa shape index (κ2) is 4.37. The van der Waals surface area contributed by atoms with Crippen LogP contribution in [0.5, 0.6) is 0 Å². The zero-order chi connectivity index (χ0) is 10.8. The second-order valence-corrected chi connectivity index (χ2v) is 4.11. The van der Waals surface area contributed by atoms with Crippen molar-refractivity contribution in [2.45, 2.75) is 25.3 Å². The molecular weight excluding hydrogens is 218 g/mol. The van der Waals surface area contributed by atoms with Gasteiger partial charge in [0.05, 0.1) is 6.10 Å². The Kier molecular flexibility index (Phi) is 3.11. The maximum atomic E-state index is 9.45. The van der Waals surface area contributed by atoms with Gasteiger partial charge in [0, 0.05) is 19.0 Å². The fourth-order valence-electron chi connectivity index (χ4n) is 1.78. The molecule has 1 aliphatic heterocycles. The van der Waals surface area contributed by atoms with Gasteiger partial charge in [-0.05, 0) is 13.3 Å². The molecule has 6 heteroatoms. The molecule has 2 rings (SSSR count). The highest BCUT2D eigenvalue weighted by atomic mass is 35.5. The predicted octanol–water partition coefficient (Wildman–Crippen LogP) is 1.02. The number of alkyl halides is 1. The number of anilines is 1. The molecule has 1 fully saturated rings. The van der Waals surface area contributed by atoms with Crippen molar-refractivity contribution in [3.05, 3.63) is 5.89 Å². The SMILES string of the molecule is CC(O)C1CCN(c2nnc(CCl)o2)C1. The molecule has 1 N–H and O–H groups in total. The molecule has 0 amide bonds. The number of hydrogen-bond acceptors (Lipinski definition) is 5. The molecular formula is C9H14ClN3O2. The average molecular weight is 232 g/mol. The Balaban J connectivity index is 2.01. The molecule has 0 spiro atoms. The third-order valence-electron chi connectivity index (χ3n) is 2.75. The summed E-state index contributed by atoms with van der Waals surface area (Å²) in [6.07, 6.45) is 0.668. The van der Waals surface area contributed by atoms with Crippen LogP contribution in [-0.4, -0.2) is 34.5 Å². The van der Waals surface area contributed by atoms with Crippen LogP contribution in [0.4, 0.5) is 6.01 Å². The molecule has 1 aliphatic rings. The molecule has 0 bridgehead atoms. The van der Waals surface area contributed by atoms with Gasteiger partial charge in [-0.2, -0.15) is 0 Å². The van der Waals surface area contributed by atoms with Gasteiger partial charge in [-0.15, -0.1) is 16.7 Å². The van der Waals surface area contributed by atoms with Crippen LogP contribution in [0, 0.1) is 5.92 Å². The largest absolute Gasteiger partial charge is 0.407 e. The summed E-state index contributed by atoms with van der Waals surface area (Å²) in [6.45, 7) is 3.42. The summed E-state index contributed by atoms with van der Waals surface area (Å²) in [5, 5.41) is 17.2. The van der Waals surface area contributed by atoms with E-state index in [1.165, 1.54) is 0 Å². The minimum atomic E-state index is -0.287. The highest BCUT2D eigenvalue weighted by Gasteiger charge is 2.28. The topological polar surface area (TPSA) is 62.4 Å². The van der Waals surface area contributed by atoms with Crippen molar-refractivity contribution < 1.29 is 9.52 Å². The van der Waals surface area contributed by atoms with Crippen molar-refractivity contribution in [3.8, 4) is 0 Å². The van der Waals surface area contributed by atoms with E-state index in [-0.39, 0.29) is 17.9 Å².